The highest BCUT2D eigenvalue weighted by Gasteiger charge is 2.10. The minimum atomic E-state index is -3.38. The van der Waals surface area contributed by atoms with Crippen molar-refractivity contribution in [3.63, 3.8) is 0 Å². The number of alkyl halides is 1. The first-order valence-corrected chi connectivity index (χ1v) is 6.69. The average Bonchev–Trinajstić information content (AvgIpc) is 2.10. The first-order chi connectivity index (χ1) is 6.94. The monoisotopic (exact) mass is 268 g/mol. The van der Waals surface area contributed by atoms with Crippen molar-refractivity contribution in [1.29, 1.82) is 0 Å². The number of sulfonamides is 1. The van der Waals surface area contributed by atoms with Gasteiger partial charge in [0.05, 0.1) is 17.6 Å². The number of hydrogen-bond donors (Lipinski definition) is 1. The average molecular weight is 269 g/mol. The first kappa shape index (κ1) is 12.5. The van der Waals surface area contributed by atoms with Gasteiger partial charge in [-0.2, -0.15) is 0 Å². The van der Waals surface area contributed by atoms with Crippen LogP contribution in [0.4, 0.5) is 5.69 Å². The summed E-state index contributed by atoms with van der Waals surface area (Å²) in [6, 6.07) is 1.61. The van der Waals surface area contributed by atoms with Crippen molar-refractivity contribution < 1.29 is 8.42 Å². The minimum absolute atomic E-state index is 0.0509. The predicted molar refractivity (Wildman–Crippen MR) is 62.1 cm³/mol. The molecule has 0 radical (unpaired) electrons. The van der Waals surface area contributed by atoms with Crippen LogP contribution in [0.15, 0.2) is 12.3 Å². The van der Waals surface area contributed by atoms with Crippen LogP contribution in [-0.2, 0) is 10.0 Å². The molecule has 7 heteroatoms. The zero-order chi connectivity index (χ0) is 11.5. The summed E-state index contributed by atoms with van der Waals surface area (Å²) in [6.07, 6.45) is 1.36. The number of halogens is 2. The van der Waals surface area contributed by atoms with E-state index in [-0.39, 0.29) is 11.6 Å². The van der Waals surface area contributed by atoms with Gasteiger partial charge < -0.3 is 0 Å². The van der Waals surface area contributed by atoms with E-state index in [0.29, 0.717) is 16.4 Å². The Labute approximate surface area is 98.7 Å². The normalized spacial score (nSPS) is 11.4. The van der Waals surface area contributed by atoms with Crippen LogP contribution in [-0.4, -0.2) is 25.0 Å². The van der Waals surface area contributed by atoms with Gasteiger partial charge >= 0.3 is 0 Å². The number of aromatic nitrogens is 1. The molecule has 0 aromatic carbocycles. The molecule has 0 amide bonds. The van der Waals surface area contributed by atoms with E-state index in [2.05, 4.69) is 9.71 Å². The van der Waals surface area contributed by atoms with Gasteiger partial charge in [0.1, 0.15) is 5.15 Å². The van der Waals surface area contributed by atoms with Crippen LogP contribution in [0.5, 0.6) is 0 Å². The molecule has 0 aliphatic rings. The van der Waals surface area contributed by atoms with Crippen molar-refractivity contribution in [1.82, 2.24) is 4.98 Å². The zero-order valence-corrected chi connectivity index (χ0v) is 10.3. The van der Waals surface area contributed by atoms with Crippen molar-refractivity contribution in [2.75, 3.05) is 16.4 Å². The molecule has 0 fully saturated rings. The summed E-state index contributed by atoms with van der Waals surface area (Å²) in [5.74, 6) is -0.0778. The molecule has 0 unspecified atom stereocenters. The summed E-state index contributed by atoms with van der Waals surface area (Å²) < 4.78 is 25.0. The summed E-state index contributed by atoms with van der Waals surface area (Å²) in [5, 5.41) is 0.357. The molecule has 0 bridgehead atoms. The molecule has 1 aromatic heterocycles. The molecule has 0 atom stereocenters. The van der Waals surface area contributed by atoms with Gasteiger partial charge in [-0.05, 0) is 18.6 Å². The topological polar surface area (TPSA) is 59.1 Å². The second-order valence-corrected chi connectivity index (χ2v) is 5.52. The van der Waals surface area contributed by atoms with Gasteiger partial charge in [-0.15, -0.1) is 11.6 Å². The third-order valence-electron chi connectivity index (χ3n) is 1.63. The number of pyridine rings is 1. The van der Waals surface area contributed by atoms with Crippen LogP contribution in [0.1, 0.15) is 5.56 Å². The lowest BCUT2D eigenvalue weighted by atomic mass is 10.3. The van der Waals surface area contributed by atoms with Crippen LogP contribution >= 0.6 is 23.2 Å². The smallest absolute Gasteiger partial charge is 0.233 e. The van der Waals surface area contributed by atoms with Gasteiger partial charge in [-0.1, -0.05) is 11.6 Å². The Hall–Kier alpha value is -0.520. The summed E-state index contributed by atoms with van der Waals surface area (Å²) in [5.41, 5.74) is 1.10. The van der Waals surface area contributed by atoms with Crippen molar-refractivity contribution in [3.8, 4) is 0 Å². The molecule has 0 aliphatic heterocycles. The van der Waals surface area contributed by atoms with Crippen LogP contribution in [0.3, 0.4) is 0 Å². The van der Waals surface area contributed by atoms with Gasteiger partial charge in [0.2, 0.25) is 10.0 Å². The van der Waals surface area contributed by atoms with Crippen molar-refractivity contribution in [2.24, 2.45) is 0 Å². The largest absolute Gasteiger partial charge is 0.282 e. The zero-order valence-electron chi connectivity index (χ0n) is 8.00. The van der Waals surface area contributed by atoms with Crippen LogP contribution in [0.2, 0.25) is 5.15 Å². The number of nitrogens with one attached hydrogen (secondary N) is 1. The van der Waals surface area contributed by atoms with E-state index in [1.165, 1.54) is 6.20 Å². The maximum atomic E-state index is 11.3. The third kappa shape index (κ3) is 3.85. The summed E-state index contributed by atoms with van der Waals surface area (Å²) in [7, 11) is -3.38. The lowest BCUT2D eigenvalue weighted by Crippen LogP contribution is -2.17. The van der Waals surface area contributed by atoms with E-state index in [9.17, 15) is 8.42 Å². The van der Waals surface area contributed by atoms with E-state index < -0.39 is 10.0 Å². The molecule has 0 aliphatic carbocycles. The van der Waals surface area contributed by atoms with E-state index >= 15 is 0 Å². The molecule has 1 heterocycles. The maximum Gasteiger partial charge on any atom is 0.233 e. The van der Waals surface area contributed by atoms with E-state index in [1.54, 1.807) is 13.0 Å². The Morgan fingerprint density at radius 3 is 2.73 bits per heavy atom. The fraction of sp³-hybridized carbons (Fsp3) is 0.375. The lowest BCUT2D eigenvalue weighted by molar-refractivity contribution is 0.602. The molecule has 0 saturated heterocycles. The summed E-state index contributed by atoms with van der Waals surface area (Å²) in [6.45, 7) is 1.74. The number of rotatable bonds is 4. The molecule has 1 aromatic rings. The van der Waals surface area contributed by atoms with Crippen molar-refractivity contribution in [3.05, 3.63) is 23.0 Å². The molecule has 84 valence electrons. The van der Waals surface area contributed by atoms with Gasteiger partial charge in [0.25, 0.3) is 0 Å². The molecule has 4 nitrogen and oxygen atoms in total. The number of nitrogens with zero attached hydrogens (tertiary/aromatic N) is 1. The van der Waals surface area contributed by atoms with Crippen molar-refractivity contribution >= 4 is 38.9 Å². The van der Waals surface area contributed by atoms with E-state index in [4.69, 9.17) is 23.2 Å². The fourth-order valence-electron chi connectivity index (χ4n) is 0.946. The Morgan fingerprint density at radius 1 is 1.53 bits per heavy atom. The Bertz CT molecular complexity index is 448. The van der Waals surface area contributed by atoms with Gasteiger partial charge in [0.15, 0.2) is 0 Å². The molecule has 15 heavy (non-hydrogen) atoms. The van der Waals surface area contributed by atoms with E-state index in [1.807, 2.05) is 0 Å². The van der Waals surface area contributed by atoms with Crippen molar-refractivity contribution in [2.45, 2.75) is 6.92 Å². The Balaban J connectivity index is 2.86. The molecular formula is C8H10Cl2N2O2S. The van der Waals surface area contributed by atoms with Crippen LogP contribution in [0, 0.1) is 6.92 Å². The maximum absolute atomic E-state index is 11.3. The summed E-state index contributed by atoms with van der Waals surface area (Å²) >= 11 is 11.1. The predicted octanol–water partition coefficient (Wildman–Crippen LogP) is 2.02. The van der Waals surface area contributed by atoms with Gasteiger partial charge in [0, 0.05) is 5.88 Å². The molecule has 0 saturated carbocycles. The highest BCUT2D eigenvalue weighted by Crippen LogP contribution is 2.16. The minimum Gasteiger partial charge on any atom is -0.282 e. The highest BCUT2D eigenvalue weighted by atomic mass is 35.5. The fourth-order valence-corrected chi connectivity index (χ4v) is 2.43. The Morgan fingerprint density at radius 2 is 2.20 bits per heavy atom. The quantitative estimate of drug-likeness (QED) is 0.672. The van der Waals surface area contributed by atoms with E-state index in [0.717, 1.165) is 0 Å². The lowest BCUT2D eigenvalue weighted by Gasteiger charge is -2.07. The summed E-state index contributed by atoms with van der Waals surface area (Å²) in [4.78, 5) is 3.83. The number of hydrogen-bond acceptors (Lipinski definition) is 3. The van der Waals surface area contributed by atoms with Gasteiger partial charge in [-0.25, -0.2) is 13.4 Å². The SMILES string of the molecule is Cc1cc(NS(=O)(=O)CCCl)cnc1Cl. The second kappa shape index (κ2) is 5.01. The van der Waals surface area contributed by atoms with Crippen LogP contribution in [0.25, 0.3) is 0 Å². The molecular weight excluding hydrogens is 259 g/mol. The van der Waals surface area contributed by atoms with Gasteiger partial charge in [-0.3, -0.25) is 4.72 Å². The molecule has 1 rings (SSSR count). The van der Waals surface area contributed by atoms with Crippen LogP contribution < -0.4 is 4.72 Å². The third-order valence-corrected chi connectivity index (χ3v) is 3.73. The molecule has 0 spiro atoms. The highest BCUT2D eigenvalue weighted by molar-refractivity contribution is 7.92. The number of aryl methyl sites for hydroxylation is 1. The molecule has 1 N–H and O–H groups in total. The number of anilines is 1. The standard InChI is InChI=1S/C8H10Cl2N2O2S/c1-6-4-7(5-11-8(6)10)12-15(13,14)3-2-9/h4-5,12H,2-3H2,1H3. The first-order valence-electron chi connectivity index (χ1n) is 4.13. The second-order valence-electron chi connectivity index (χ2n) is 2.94. The Kier molecular flexibility index (Phi) is 4.19.